The van der Waals surface area contributed by atoms with Crippen molar-refractivity contribution in [1.82, 2.24) is 15.4 Å². The van der Waals surface area contributed by atoms with E-state index in [0.29, 0.717) is 17.1 Å². The smallest absolute Gasteiger partial charge is 0.330 e. The van der Waals surface area contributed by atoms with Gasteiger partial charge in [0.15, 0.2) is 6.04 Å². The third kappa shape index (κ3) is 3.11. The third-order valence-corrected chi connectivity index (χ3v) is 3.74. The molecule has 6 nitrogen and oxygen atoms in total. The minimum Gasteiger partial charge on any atom is -0.468 e. The molecule has 1 N–H and O–H groups in total. The van der Waals surface area contributed by atoms with E-state index >= 15 is 0 Å². The van der Waals surface area contributed by atoms with Crippen LogP contribution in [0.3, 0.4) is 0 Å². The van der Waals surface area contributed by atoms with Crippen molar-refractivity contribution >= 4 is 28.5 Å². The number of benzene rings is 1. The van der Waals surface area contributed by atoms with Crippen molar-refractivity contribution in [2.45, 2.75) is 12.6 Å². The number of pyridine rings is 1. The summed E-state index contributed by atoms with van der Waals surface area (Å²) in [7, 11) is 1.29. The highest BCUT2D eigenvalue weighted by molar-refractivity contribution is 6.31. The SMILES string of the molecule is COC(=O)C1NN(Cc2ccc3ncc(Cl)cc3c2)C=C1C#N. The number of esters is 1. The van der Waals surface area contributed by atoms with Crippen molar-refractivity contribution < 1.29 is 9.53 Å². The van der Waals surface area contributed by atoms with Crippen molar-refractivity contribution in [3.05, 3.63) is 52.8 Å². The fourth-order valence-corrected chi connectivity index (χ4v) is 2.61. The average Bonchev–Trinajstić information content (AvgIpc) is 2.96. The minimum absolute atomic E-state index is 0.322. The number of carbonyl (C=O) groups is 1. The fraction of sp³-hybridized carbons (Fsp3) is 0.188. The van der Waals surface area contributed by atoms with Gasteiger partial charge in [-0.05, 0) is 23.8 Å². The number of hydrogen-bond donors (Lipinski definition) is 1. The largest absolute Gasteiger partial charge is 0.468 e. The van der Waals surface area contributed by atoms with Gasteiger partial charge in [-0.1, -0.05) is 17.7 Å². The molecule has 23 heavy (non-hydrogen) atoms. The number of ether oxygens (including phenoxy) is 1. The molecule has 3 rings (SSSR count). The summed E-state index contributed by atoms with van der Waals surface area (Å²) < 4.78 is 4.69. The van der Waals surface area contributed by atoms with E-state index in [9.17, 15) is 4.79 Å². The molecule has 2 aromatic rings. The predicted molar refractivity (Wildman–Crippen MR) is 84.9 cm³/mol. The third-order valence-electron chi connectivity index (χ3n) is 3.53. The number of carbonyl (C=O) groups excluding carboxylic acids is 1. The Morgan fingerprint density at radius 2 is 2.35 bits per heavy atom. The van der Waals surface area contributed by atoms with Crippen molar-refractivity contribution in [3.63, 3.8) is 0 Å². The molecular weight excluding hydrogens is 316 g/mol. The van der Waals surface area contributed by atoms with E-state index in [2.05, 4.69) is 10.4 Å². The maximum absolute atomic E-state index is 11.7. The van der Waals surface area contributed by atoms with Crippen LogP contribution in [0, 0.1) is 11.3 Å². The molecular formula is C16H13ClN4O2. The molecule has 0 saturated carbocycles. The number of methoxy groups -OCH3 is 1. The van der Waals surface area contributed by atoms with Crippen LogP contribution in [0.5, 0.6) is 0 Å². The Bertz CT molecular complexity index is 844. The molecule has 2 heterocycles. The average molecular weight is 329 g/mol. The summed E-state index contributed by atoms with van der Waals surface area (Å²) in [6.45, 7) is 0.487. The normalized spacial score (nSPS) is 17.0. The molecule has 1 aliphatic rings. The highest BCUT2D eigenvalue weighted by atomic mass is 35.5. The molecule has 0 radical (unpaired) electrons. The number of fused-ring (bicyclic) bond motifs is 1. The zero-order chi connectivity index (χ0) is 16.4. The van der Waals surface area contributed by atoms with Crippen LogP contribution in [0.15, 0.2) is 42.2 Å². The molecule has 1 aromatic heterocycles. The quantitative estimate of drug-likeness (QED) is 0.870. The molecule has 0 amide bonds. The lowest BCUT2D eigenvalue weighted by Crippen LogP contribution is -2.41. The first-order valence-corrected chi connectivity index (χ1v) is 7.25. The summed E-state index contributed by atoms with van der Waals surface area (Å²) in [6, 6.07) is 8.91. The molecule has 0 saturated heterocycles. The van der Waals surface area contributed by atoms with Crippen molar-refractivity contribution in [2.75, 3.05) is 7.11 Å². The van der Waals surface area contributed by atoms with Crippen molar-refractivity contribution in [1.29, 1.82) is 5.26 Å². The summed E-state index contributed by atoms with van der Waals surface area (Å²) in [5, 5.41) is 12.3. The summed E-state index contributed by atoms with van der Waals surface area (Å²) in [5.41, 5.74) is 5.12. The number of nitrogens with zero attached hydrogens (tertiary/aromatic N) is 3. The van der Waals surface area contributed by atoms with E-state index in [1.54, 1.807) is 17.4 Å². The summed E-state index contributed by atoms with van der Waals surface area (Å²) in [4.78, 5) is 15.9. The minimum atomic E-state index is -0.762. The molecule has 7 heteroatoms. The lowest BCUT2D eigenvalue weighted by molar-refractivity contribution is -0.142. The molecule has 0 bridgehead atoms. The second-order valence-corrected chi connectivity index (χ2v) is 5.53. The van der Waals surface area contributed by atoms with Gasteiger partial charge in [0.1, 0.15) is 0 Å². The van der Waals surface area contributed by atoms with Crippen LogP contribution in [0.2, 0.25) is 5.02 Å². The Morgan fingerprint density at radius 1 is 1.52 bits per heavy atom. The Kier molecular flexibility index (Phi) is 4.15. The molecule has 1 aliphatic heterocycles. The predicted octanol–water partition coefficient (Wildman–Crippen LogP) is 2.16. The Hall–Kier alpha value is -2.62. The van der Waals surface area contributed by atoms with Crippen LogP contribution in [0.4, 0.5) is 0 Å². The summed E-state index contributed by atoms with van der Waals surface area (Å²) >= 11 is 5.97. The van der Waals surface area contributed by atoms with Gasteiger partial charge in [0, 0.05) is 17.8 Å². The van der Waals surface area contributed by atoms with E-state index in [-0.39, 0.29) is 0 Å². The van der Waals surface area contributed by atoms with Gasteiger partial charge in [-0.25, -0.2) is 10.2 Å². The van der Waals surface area contributed by atoms with Crippen LogP contribution < -0.4 is 5.43 Å². The first kappa shape index (κ1) is 15.3. The first-order valence-electron chi connectivity index (χ1n) is 6.87. The van der Waals surface area contributed by atoms with Gasteiger partial charge >= 0.3 is 5.97 Å². The standard InChI is InChI=1S/C16H13ClN4O2/c1-23-16(22)15-12(6-18)9-21(20-15)8-10-2-3-14-11(4-10)5-13(17)7-19-14/h2-5,7,9,15,20H,8H2,1H3. The van der Waals surface area contributed by atoms with Gasteiger partial charge in [0.2, 0.25) is 0 Å². The molecule has 0 fully saturated rings. The van der Waals surface area contributed by atoms with E-state index in [1.165, 1.54) is 7.11 Å². The van der Waals surface area contributed by atoms with Crippen LogP contribution in [-0.4, -0.2) is 29.1 Å². The number of hydrazine groups is 1. The van der Waals surface area contributed by atoms with Crippen LogP contribution >= 0.6 is 11.6 Å². The van der Waals surface area contributed by atoms with E-state index in [4.69, 9.17) is 21.6 Å². The topological polar surface area (TPSA) is 78.2 Å². The van der Waals surface area contributed by atoms with Crippen LogP contribution in [-0.2, 0) is 16.1 Å². The van der Waals surface area contributed by atoms with Crippen LogP contribution in [0.25, 0.3) is 10.9 Å². The number of hydrogen-bond acceptors (Lipinski definition) is 6. The van der Waals surface area contributed by atoms with E-state index < -0.39 is 12.0 Å². The van der Waals surface area contributed by atoms with E-state index in [1.807, 2.05) is 30.3 Å². The highest BCUT2D eigenvalue weighted by Crippen LogP contribution is 2.20. The Balaban J connectivity index is 1.81. The molecule has 116 valence electrons. The number of nitriles is 1. The van der Waals surface area contributed by atoms with Crippen LogP contribution in [0.1, 0.15) is 5.56 Å². The Morgan fingerprint density at radius 3 is 3.09 bits per heavy atom. The maximum atomic E-state index is 11.7. The molecule has 1 unspecified atom stereocenters. The molecule has 0 spiro atoms. The van der Waals surface area contributed by atoms with Crippen molar-refractivity contribution in [3.8, 4) is 6.07 Å². The lowest BCUT2D eigenvalue weighted by atomic mass is 10.1. The highest BCUT2D eigenvalue weighted by Gasteiger charge is 2.31. The number of halogens is 1. The van der Waals surface area contributed by atoms with Gasteiger partial charge < -0.3 is 9.75 Å². The lowest BCUT2D eigenvalue weighted by Gasteiger charge is -2.18. The monoisotopic (exact) mass is 328 g/mol. The Labute approximate surface area is 137 Å². The second kappa shape index (κ2) is 6.24. The van der Waals surface area contributed by atoms with E-state index in [0.717, 1.165) is 16.5 Å². The van der Waals surface area contributed by atoms with Gasteiger partial charge in [0.05, 0.1) is 35.8 Å². The summed E-state index contributed by atoms with van der Waals surface area (Å²) in [5.74, 6) is -0.491. The first-order chi connectivity index (χ1) is 11.1. The maximum Gasteiger partial charge on any atom is 0.330 e. The molecule has 1 atom stereocenters. The second-order valence-electron chi connectivity index (χ2n) is 5.09. The number of rotatable bonds is 3. The fourth-order valence-electron chi connectivity index (χ4n) is 2.45. The van der Waals surface area contributed by atoms with Gasteiger partial charge in [0.25, 0.3) is 0 Å². The summed E-state index contributed by atoms with van der Waals surface area (Å²) in [6.07, 6.45) is 3.22. The number of aromatic nitrogens is 1. The van der Waals surface area contributed by atoms with Gasteiger partial charge in [-0.15, -0.1) is 0 Å². The van der Waals surface area contributed by atoms with Gasteiger partial charge in [-0.3, -0.25) is 4.98 Å². The molecule has 1 aromatic carbocycles. The molecule has 0 aliphatic carbocycles. The zero-order valence-corrected chi connectivity index (χ0v) is 13.0. The zero-order valence-electron chi connectivity index (χ0n) is 12.3. The number of nitrogens with one attached hydrogen (secondary N) is 1. The van der Waals surface area contributed by atoms with Gasteiger partial charge in [-0.2, -0.15) is 5.26 Å². The van der Waals surface area contributed by atoms with Crippen molar-refractivity contribution in [2.24, 2.45) is 0 Å².